The Bertz CT molecular complexity index is 526. The number of aromatic nitrogens is 1. The van der Waals surface area contributed by atoms with Gasteiger partial charge in [-0.1, -0.05) is 45.8 Å². The summed E-state index contributed by atoms with van der Waals surface area (Å²) < 4.78 is 0. The van der Waals surface area contributed by atoms with Gasteiger partial charge in [0.1, 0.15) is 5.01 Å². The van der Waals surface area contributed by atoms with Gasteiger partial charge in [0.05, 0.1) is 5.69 Å². The number of thiazole rings is 1. The molecule has 2 aromatic rings. The number of hydrogen-bond acceptors (Lipinski definition) is 2. The molecule has 0 bridgehead atoms. The van der Waals surface area contributed by atoms with Crippen LogP contribution in [0.4, 0.5) is 0 Å². The van der Waals surface area contributed by atoms with E-state index in [1.54, 1.807) is 0 Å². The summed E-state index contributed by atoms with van der Waals surface area (Å²) in [7, 11) is 0. The molecule has 0 unspecified atom stereocenters. The van der Waals surface area contributed by atoms with Gasteiger partial charge in [-0.2, -0.15) is 0 Å². The fourth-order valence-electron chi connectivity index (χ4n) is 1.95. The lowest BCUT2D eigenvalue weighted by Crippen LogP contribution is -1.84. The van der Waals surface area contributed by atoms with Crippen molar-refractivity contribution < 1.29 is 0 Å². The SMILES string of the molecule is Cc1ccc(-c2nc(C3CC3)c(CBr)s2)cc1. The number of halogens is 1. The first kappa shape index (κ1) is 11.4. The minimum absolute atomic E-state index is 0.734. The van der Waals surface area contributed by atoms with Crippen LogP contribution in [0.2, 0.25) is 0 Å². The van der Waals surface area contributed by atoms with Gasteiger partial charge in [0, 0.05) is 21.7 Å². The Kier molecular flexibility index (Phi) is 3.05. The highest BCUT2D eigenvalue weighted by Gasteiger charge is 2.29. The van der Waals surface area contributed by atoms with Gasteiger partial charge in [-0.15, -0.1) is 11.3 Å². The molecule has 0 N–H and O–H groups in total. The van der Waals surface area contributed by atoms with Crippen LogP contribution in [0.15, 0.2) is 24.3 Å². The maximum absolute atomic E-state index is 4.83. The number of benzene rings is 1. The first-order valence-corrected chi connectivity index (χ1v) is 7.84. The molecule has 0 aliphatic heterocycles. The summed E-state index contributed by atoms with van der Waals surface area (Å²) in [6.07, 6.45) is 2.63. The minimum Gasteiger partial charge on any atom is -0.240 e. The lowest BCUT2D eigenvalue weighted by molar-refractivity contribution is 1.03. The highest BCUT2D eigenvalue weighted by molar-refractivity contribution is 9.08. The van der Waals surface area contributed by atoms with E-state index in [-0.39, 0.29) is 0 Å². The fourth-order valence-corrected chi connectivity index (χ4v) is 3.59. The molecule has 0 atom stereocenters. The lowest BCUT2D eigenvalue weighted by Gasteiger charge is -1.96. The Labute approximate surface area is 114 Å². The summed E-state index contributed by atoms with van der Waals surface area (Å²) >= 11 is 5.40. The van der Waals surface area contributed by atoms with E-state index in [1.165, 1.54) is 39.5 Å². The molecule has 1 aromatic carbocycles. The molecular formula is C14H14BrNS. The summed E-state index contributed by atoms with van der Waals surface area (Å²) in [6.45, 7) is 2.12. The third-order valence-electron chi connectivity index (χ3n) is 3.11. The third kappa shape index (κ3) is 2.31. The van der Waals surface area contributed by atoms with Crippen molar-refractivity contribution >= 4 is 27.3 Å². The topological polar surface area (TPSA) is 12.9 Å². The summed E-state index contributed by atoms with van der Waals surface area (Å²) in [4.78, 5) is 6.24. The quantitative estimate of drug-likeness (QED) is 0.736. The van der Waals surface area contributed by atoms with E-state index in [4.69, 9.17) is 4.98 Å². The van der Waals surface area contributed by atoms with Gasteiger partial charge in [0.15, 0.2) is 0 Å². The van der Waals surface area contributed by atoms with Crippen LogP contribution in [-0.2, 0) is 5.33 Å². The first-order chi connectivity index (χ1) is 8.28. The second-order valence-electron chi connectivity index (χ2n) is 4.60. The van der Waals surface area contributed by atoms with E-state index in [9.17, 15) is 0 Å². The van der Waals surface area contributed by atoms with Gasteiger partial charge in [0.25, 0.3) is 0 Å². The lowest BCUT2D eigenvalue weighted by atomic mass is 10.1. The summed E-state index contributed by atoms with van der Waals surface area (Å²) in [5, 5.41) is 2.10. The monoisotopic (exact) mass is 307 g/mol. The van der Waals surface area contributed by atoms with Gasteiger partial charge in [-0.25, -0.2) is 4.98 Å². The highest BCUT2D eigenvalue weighted by Crippen LogP contribution is 2.44. The van der Waals surface area contributed by atoms with Crippen LogP contribution >= 0.6 is 27.3 Å². The standard InChI is InChI=1S/C14H14BrNS/c1-9-2-4-11(5-3-9)14-16-13(10-6-7-10)12(8-15)17-14/h2-5,10H,6-8H2,1H3. The number of nitrogens with zero attached hydrogens (tertiary/aromatic N) is 1. The molecule has 1 aliphatic rings. The van der Waals surface area contributed by atoms with Crippen molar-refractivity contribution in [3.05, 3.63) is 40.4 Å². The molecular weight excluding hydrogens is 294 g/mol. The summed E-state index contributed by atoms with van der Waals surface area (Å²) in [6, 6.07) is 8.65. The second-order valence-corrected chi connectivity index (χ2v) is 6.25. The van der Waals surface area contributed by atoms with Crippen molar-refractivity contribution in [3.63, 3.8) is 0 Å². The molecule has 1 saturated carbocycles. The molecule has 1 aliphatic carbocycles. The van der Waals surface area contributed by atoms with Crippen molar-refractivity contribution in [2.45, 2.75) is 31.0 Å². The number of rotatable bonds is 3. The average molecular weight is 308 g/mol. The van der Waals surface area contributed by atoms with E-state index < -0.39 is 0 Å². The Morgan fingerprint density at radius 2 is 2.00 bits per heavy atom. The molecule has 3 heteroatoms. The number of aryl methyl sites for hydroxylation is 1. The largest absolute Gasteiger partial charge is 0.240 e. The van der Waals surface area contributed by atoms with E-state index in [1.807, 2.05) is 11.3 Å². The van der Waals surface area contributed by atoms with Gasteiger partial charge in [-0.05, 0) is 19.8 Å². The van der Waals surface area contributed by atoms with E-state index >= 15 is 0 Å². The smallest absolute Gasteiger partial charge is 0.123 e. The molecule has 1 aromatic heterocycles. The van der Waals surface area contributed by atoms with Gasteiger partial charge in [-0.3, -0.25) is 0 Å². The second kappa shape index (κ2) is 4.54. The van der Waals surface area contributed by atoms with E-state index in [2.05, 4.69) is 47.1 Å². The van der Waals surface area contributed by atoms with Crippen LogP contribution in [0.5, 0.6) is 0 Å². The predicted octanol–water partition coefficient (Wildman–Crippen LogP) is 4.89. The molecule has 1 fully saturated rings. The fraction of sp³-hybridized carbons (Fsp3) is 0.357. The molecule has 3 rings (SSSR count). The van der Waals surface area contributed by atoms with Gasteiger partial charge < -0.3 is 0 Å². The van der Waals surface area contributed by atoms with E-state index in [0.717, 1.165) is 11.2 Å². The zero-order valence-corrected chi connectivity index (χ0v) is 12.1. The van der Waals surface area contributed by atoms with Crippen LogP contribution in [0.25, 0.3) is 10.6 Å². The number of hydrogen-bond donors (Lipinski definition) is 0. The zero-order chi connectivity index (χ0) is 11.8. The molecule has 1 nitrogen and oxygen atoms in total. The predicted molar refractivity (Wildman–Crippen MR) is 76.9 cm³/mol. The average Bonchev–Trinajstić information content (AvgIpc) is 3.10. The minimum atomic E-state index is 0.734. The van der Waals surface area contributed by atoms with Crippen molar-refractivity contribution in [3.8, 4) is 10.6 Å². The molecule has 88 valence electrons. The molecule has 17 heavy (non-hydrogen) atoms. The maximum Gasteiger partial charge on any atom is 0.123 e. The van der Waals surface area contributed by atoms with Crippen LogP contribution < -0.4 is 0 Å². The molecule has 1 heterocycles. The first-order valence-electron chi connectivity index (χ1n) is 5.90. The molecule has 0 saturated heterocycles. The van der Waals surface area contributed by atoms with Crippen LogP contribution in [-0.4, -0.2) is 4.98 Å². The molecule has 0 amide bonds. The Morgan fingerprint density at radius 3 is 2.59 bits per heavy atom. The van der Waals surface area contributed by atoms with Crippen molar-refractivity contribution in [2.75, 3.05) is 0 Å². The van der Waals surface area contributed by atoms with Crippen LogP contribution in [0.3, 0.4) is 0 Å². The van der Waals surface area contributed by atoms with Gasteiger partial charge in [0.2, 0.25) is 0 Å². The van der Waals surface area contributed by atoms with E-state index in [0.29, 0.717) is 0 Å². The Hall–Kier alpha value is -0.670. The van der Waals surface area contributed by atoms with Crippen LogP contribution in [0.1, 0.15) is 34.9 Å². The Balaban J connectivity index is 2.00. The maximum atomic E-state index is 4.83. The zero-order valence-electron chi connectivity index (χ0n) is 9.74. The summed E-state index contributed by atoms with van der Waals surface area (Å²) in [5.41, 5.74) is 3.88. The van der Waals surface area contributed by atoms with Gasteiger partial charge >= 0.3 is 0 Å². The van der Waals surface area contributed by atoms with Crippen molar-refractivity contribution in [1.82, 2.24) is 4.98 Å². The van der Waals surface area contributed by atoms with Crippen LogP contribution in [0, 0.1) is 6.92 Å². The third-order valence-corrected chi connectivity index (χ3v) is 5.16. The molecule has 0 radical (unpaired) electrons. The van der Waals surface area contributed by atoms with Crippen molar-refractivity contribution in [1.29, 1.82) is 0 Å². The molecule has 0 spiro atoms. The number of alkyl halides is 1. The normalized spacial score (nSPS) is 15.2. The highest BCUT2D eigenvalue weighted by atomic mass is 79.9. The summed E-state index contributed by atoms with van der Waals surface area (Å²) in [5.74, 6) is 0.734. The van der Waals surface area contributed by atoms with Crippen molar-refractivity contribution in [2.24, 2.45) is 0 Å². The Morgan fingerprint density at radius 1 is 1.29 bits per heavy atom.